The number of nitrogens with two attached hydrogens (primary N) is 1. The molecule has 0 fully saturated rings. The van der Waals surface area contributed by atoms with Crippen molar-refractivity contribution in [2.24, 2.45) is 18.7 Å². The Balaban J connectivity index is 2.52. The molecule has 1 aromatic carbocycles. The topological polar surface area (TPSA) is 43.8 Å². The van der Waals surface area contributed by atoms with Crippen molar-refractivity contribution in [2.45, 2.75) is 39.7 Å². The molecule has 1 heterocycles. The summed E-state index contributed by atoms with van der Waals surface area (Å²) in [4.78, 5) is 4.73. The van der Waals surface area contributed by atoms with Crippen LogP contribution in [0.1, 0.15) is 39.1 Å². The van der Waals surface area contributed by atoms with Gasteiger partial charge in [0.2, 0.25) is 0 Å². The van der Waals surface area contributed by atoms with Crippen LogP contribution in [0.2, 0.25) is 0 Å². The van der Waals surface area contributed by atoms with Crippen LogP contribution < -0.4 is 5.73 Å². The van der Waals surface area contributed by atoms with Crippen molar-refractivity contribution in [3.8, 4) is 0 Å². The van der Waals surface area contributed by atoms with Gasteiger partial charge in [-0.25, -0.2) is 4.98 Å². The van der Waals surface area contributed by atoms with E-state index in [0.29, 0.717) is 5.92 Å². The maximum atomic E-state index is 6.14. The molecule has 0 bridgehead atoms. The van der Waals surface area contributed by atoms with E-state index in [1.54, 1.807) is 0 Å². The predicted molar refractivity (Wildman–Crippen MR) is 76.5 cm³/mol. The van der Waals surface area contributed by atoms with Gasteiger partial charge in [-0.2, -0.15) is 0 Å². The Labute approximate surface area is 109 Å². The Morgan fingerprint density at radius 2 is 2.00 bits per heavy atom. The summed E-state index contributed by atoms with van der Waals surface area (Å²) in [6.07, 6.45) is 1.01. The second-order valence-corrected chi connectivity index (χ2v) is 6.11. The molecule has 2 rings (SSSR count). The third-order valence-corrected chi connectivity index (χ3v) is 3.31. The van der Waals surface area contributed by atoms with Gasteiger partial charge in [-0.3, -0.25) is 0 Å². The molecule has 18 heavy (non-hydrogen) atoms. The van der Waals surface area contributed by atoms with Gasteiger partial charge in [0.1, 0.15) is 5.82 Å². The van der Waals surface area contributed by atoms with Crippen LogP contribution in [0.4, 0.5) is 0 Å². The molecule has 0 radical (unpaired) electrons. The summed E-state index contributed by atoms with van der Waals surface area (Å²) in [5.74, 6) is 1.76. The fourth-order valence-corrected chi connectivity index (χ4v) is 2.20. The zero-order valence-corrected chi connectivity index (χ0v) is 12.0. The average molecular weight is 245 g/mol. The lowest BCUT2D eigenvalue weighted by Gasteiger charge is -2.18. The van der Waals surface area contributed by atoms with E-state index < -0.39 is 0 Å². The van der Waals surface area contributed by atoms with Crippen LogP contribution in [-0.2, 0) is 19.0 Å². The van der Waals surface area contributed by atoms with E-state index >= 15 is 0 Å². The van der Waals surface area contributed by atoms with Crippen LogP contribution in [0.25, 0.3) is 11.0 Å². The zero-order chi connectivity index (χ0) is 13.5. The molecule has 2 aromatic rings. The molecule has 0 amide bonds. The largest absolute Gasteiger partial charge is 0.331 e. The Morgan fingerprint density at radius 3 is 2.56 bits per heavy atom. The normalized spacial score (nSPS) is 12.6. The van der Waals surface area contributed by atoms with Gasteiger partial charge in [-0.05, 0) is 37.5 Å². The molecule has 2 N–H and O–H groups in total. The number of hydrogen-bond donors (Lipinski definition) is 1. The van der Waals surface area contributed by atoms with Crippen molar-refractivity contribution in [2.75, 3.05) is 0 Å². The van der Waals surface area contributed by atoms with Crippen molar-refractivity contribution < 1.29 is 0 Å². The summed E-state index contributed by atoms with van der Waals surface area (Å²) < 4.78 is 2.18. The van der Waals surface area contributed by atoms with E-state index in [2.05, 4.69) is 43.7 Å². The standard InChI is InChI=1S/C15H23N3/c1-10(2)8-14-17-12-9-11(15(3,4)16)6-7-13(12)18(14)5/h6-7,9-10H,8,16H2,1-5H3. The summed E-state index contributed by atoms with van der Waals surface area (Å²) in [5, 5.41) is 0. The maximum absolute atomic E-state index is 6.14. The number of imidazole rings is 1. The van der Waals surface area contributed by atoms with Gasteiger partial charge in [-0.1, -0.05) is 19.9 Å². The first-order chi connectivity index (χ1) is 8.29. The zero-order valence-electron chi connectivity index (χ0n) is 12.0. The molecule has 98 valence electrons. The minimum absolute atomic E-state index is 0.316. The highest BCUT2D eigenvalue weighted by Gasteiger charge is 2.16. The van der Waals surface area contributed by atoms with Crippen molar-refractivity contribution in [1.82, 2.24) is 9.55 Å². The molecule has 0 aliphatic heterocycles. The Morgan fingerprint density at radius 1 is 1.33 bits per heavy atom. The summed E-state index contributed by atoms with van der Waals surface area (Å²) in [7, 11) is 2.08. The fourth-order valence-electron chi connectivity index (χ4n) is 2.20. The number of aromatic nitrogens is 2. The van der Waals surface area contributed by atoms with Crippen molar-refractivity contribution in [3.05, 3.63) is 29.6 Å². The first-order valence-electron chi connectivity index (χ1n) is 6.53. The number of benzene rings is 1. The lowest BCUT2D eigenvalue weighted by Crippen LogP contribution is -2.28. The number of rotatable bonds is 3. The fraction of sp³-hybridized carbons (Fsp3) is 0.533. The third-order valence-electron chi connectivity index (χ3n) is 3.31. The number of aryl methyl sites for hydroxylation is 1. The highest BCUT2D eigenvalue weighted by atomic mass is 15.1. The molecule has 0 aliphatic carbocycles. The summed E-state index contributed by atoms with van der Waals surface area (Å²) in [6, 6.07) is 6.33. The Hall–Kier alpha value is -1.35. The molecule has 0 saturated carbocycles. The van der Waals surface area contributed by atoms with Crippen LogP contribution >= 0.6 is 0 Å². The Kier molecular flexibility index (Phi) is 3.20. The second kappa shape index (κ2) is 4.39. The quantitative estimate of drug-likeness (QED) is 0.903. The summed E-state index contributed by atoms with van der Waals surface area (Å²) in [5.41, 5.74) is 9.18. The van der Waals surface area contributed by atoms with E-state index in [0.717, 1.165) is 23.3 Å². The second-order valence-electron chi connectivity index (χ2n) is 6.11. The van der Waals surface area contributed by atoms with E-state index in [1.807, 2.05) is 13.8 Å². The molecule has 0 aliphatic rings. The number of nitrogens with zero attached hydrogens (tertiary/aromatic N) is 2. The van der Waals surface area contributed by atoms with Crippen molar-refractivity contribution >= 4 is 11.0 Å². The smallest absolute Gasteiger partial charge is 0.109 e. The van der Waals surface area contributed by atoms with Gasteiger partial charge < -0.3 is 10.3 Å². The Bertz CT molecular complexity index is 559. The molecule has 1 aromatic heterocycles. The van der Waals surface area contributed by atoms with E-state index in [4.69, 9.17) is 10.7 Å². The average Bonchev–Trinajstić information content (AvgIpc) is 2.53. The molecule has 0 atom stereocenters. The monoisotopic (exact) mass is 245 g/mol. The summed E-state index contributed by atoms with van der Waals surface area (Å²) >= 11 is 0. The lowest BCUT2D eigenvalue weighted by atomic mass is 9.95. The molecule has 3 heteroatoms. The predicted octanol–water partition coefficient (Wildman–Crippen LogP) is 2.97. The highest BCUT2D eigenvalue weighted by molar-refractivity contribution is 5.77. The van der Waals surface area contributed by atoms with E-state index in [-0.39, 0.29) is 5.54 Å². The van der Waals surface area contributed by atoms with E-state index in [1.165, 1.54) is 5.52 Å². The van der Waals surface area contributed by atoms with E-state index in [9.17, 15) is 0 Å². The van der Waals surface area contributed by atoms with Crippen LogP contribution in [0.3, 0.4) is 0 Å². The molecule has 0 spiro atoms. The minimum Gasteiger partial charge on any atom is -0.331 e. The first kappa shape index (κ1) is 13.1. The third kappa shape index (κ3) is 2.41. The van der Waals surface area contributed by atoms with Crippen LogP contribution in [0, 0.1) is 5.92 Å². The molecule has 3 nitrogen and oxygen atoms in total. The van der Waals surface area contributed by atoms with Crippen molar-refractivity contribution in [3.63, 3.8) is 0 Å². The number of hydrogen-bond acceptors (Lipinski definition) is 2. The van der Waals surface area contributed by atoms with Gasteiger partial charge in [0.25, 0.3) is 0 Å². The minimum atomic E-state index is -0.316. The van der Waals surface area contributed by atoms with Gasteiger partial charge >= 0.3 is 0 Å². The van der Waals surface area contributed by atoms with Gasteiger partial charge in [-0.15, -0.1) is 0 Å². The molecular formula is C15H23N3. The van der Waals surface area contributed by atoms with Gasteiger partial charge in [0.05, 0.1) is 11.0 Å². The van der Waals surface area contributed by atoms with Gasteiger partial charge in [0.15, 0.2) is 0 Å². The molecule has 0 saturated heterocycles. The van der Waals surface area contributed by atoms with Gasteiger partial charge in [0, 0.05) is 19.0 Å². The first-order valence-corrected chi connectivity index (χ1v) is 6.53. The maximum Gasteiger partial charge on any atom is 0.109 e. The molecule has 0 unspecified atom stereocenters. The molecular weight excluding hydrogens is 222 g/mol. The van der Waals surface area contributed by atoms with Crippen LogP contribution in [-0.4, -0.2) is 9.55 Å². The van der Waals surface area contributed by atoms with Crippen molar-refractivity contribution in [1.29, 1.82) is 0 Å². The SMILES string of the molecule is CC(C)Cc1nc2cc(C(C)(C)N)ccc2n1C. The van der Waals surface area contributed by atoms with Crippen LogP contribution in [0.5, 0.6) is 0 Å². The highest BCUT2D eigenvalue weighted by Crippen LogP contribution is 2.23. The number of fused-ring (bicyclic) bond motifs is 1. The van der Waals surface area contributed by atoms with Crippen LogP contribution in [0.15, 0.2) is 18.2 Å². The summed E-state index contributed by atoms with van der Waals surface area (Å²) in [6.45, 7) is 8.47. The lowest BCUT2D eigenvalue weighted by molar-refractivity contribution is 0.555.